The molecule has 2 N–H and O–H groups in total. The quantitative estimate of drug-likeness (QED) is 0.374. The van der Waals surface area contributed by atoms with E-state index in [4.69, 9.17) is 4.74 Å². The van der Waals surface area contributed by atoms with E-state index in [1.54, 1.807) is 18.3 Å². The Balaban J connectivity index is 1.89. The maximum atomic E-state index is 13.1. The van der Waals surface area contributed by atoms with Crippen molar-refractivity contribution in [3.8, 4) is 0 Å². The molecule has 6 nitrogen and oxygen atoms in total. The van der Waals surface area contributed by atoms with Crippen molar-refractivity contribution >= 4 is 29.0 Å². The third-order valence-corrected chi connectivity index (χ3v) is 6.41. The summed E-state index contributed by atoms with van der Waals surface area (Å²) in [6.07, 6.45) is -0.0789. The number of benzene rings is 1. The molecule has 1 aromatic carbocycles. The number of hydrogen-bond donors (Lipinski definition) is 2. The minimum absolute atomic E-state index is 0.0789. The summed E-state index contributed by atoms with van der Waals surface area (Å²) in [6, 6.07) is 11.8. The van der Waals surface area contributed by atoms with Gasteiger partial charge in [0.05, 0.1) is 30.8 Å². The summed E-state index contributed by atoms with van der Waals surface area (Å²) in [6.45, 7) is 7.36. The summed E-state index contributed by atoms with van der Waals surface area (Å²) in [5.41, 5.74) is 3.62. The Labute approximate surface area is 192 Å². The van der Waals surface area contributed by atoms with Crippen LogP contribution in [0.5, 0.6) is 0 Å². The van der Waals surface area contributed by atoms with Crippen molar-refractivity contribution in [2.75, 3.05) is 7.11 Å². The second-order valence-corrected chi connectivity index (χ2v) is 9.02. The fraction of sp³-hybridized carbons (Fsp3) is 0.320. The predicted molar refractivity (Wildman–Crippen MR) is 125 cm³/mol. The molecule has 1 amide bonds. The predicted octanol–water partition coefficient (Wildman–Crippen LogP) is 4.95. The lowest BCUT2D eigenvalue weighted by molar-refractivity contribution is -0.121. The highest BCUT2D eigenvalue weighted by Gasteiger charge is 2.26. The second-order valence-electron chi connectivity index (χ2n) is 8.04. The maximum Gasteiger partial charge on any atom is 0.339 e. The number of thiophene rings is 1. The molecule has 0 saturated heterocycles. The van der Waals surface area contributed by atoms with Crippen LogP contribution < -0.4 is 5.32 Å². The van der Waals surface area contributed by atoms with Crippen LogP contribution in [0.3, 0.4) is 0 Å². The number of aromatic nitrogens is 1. The van der Waals surface area contributed by atoms with Gasteiger partial charge >= 0.3 is 5.97 Å². The van der Waals surface area contributed by atoms with Gasteiger partial charge in [0.2, 0.25) is 5.91 Å². The molecular formula is C25H28N2O4S. The zero-order valence-corrected chi connectivity index (χ0v) is 19.8. The van der Waals surface area contributed by atoms with E-state index in [1.807, 2.05) is 29.6 Å². The Bertz CT molecular complexity index is 1110. The van der Waals surface area contributed by atoms with Crippen LogP contribution in [0.15, 0.2) is 41.8 Å². The Morgan fingerprint density at radius 1 is 1.09 bits per heavy atom. The Morgan fingerprint density at radius 2 is 1.75 bits per heavy atom. The average Bonchev–Trinajstić information content (AvgIpc) is 3.40. The average molecular weight is 453 g/mol. The second kappa shape index (κ2) is 9.96. The Hall–Kier alpha value is -3.19. The number of esters is 1. The lowest BCUT2D eigenvalue weighted by atomic mass is 9.98. The topological polar surface area (TPSA) is 88.3 Å². The van der Waals surface area contributed by atoms with Gasteiger partial charge in [0, 0.05) is 17.5 Å². The van der Waals surface area contributed by atoms with Crippen molar-refractivity contribution < 1.29 is 19.1 Å². The van der Waals surface area contributed by atoms with Gasteiger partial charge in [0.25, 0.3) is 0 Å². The van der Waals surface area contributed by atoms with Crippen molar-refractivity contribution in [2.24, 2.45) is 0 Å². The first kappa shape index (κ1) is 23.5. The first-order valence-corrected chi connectivity index (χ1v) is 11.3. The fourth-order valence-corrected chi connectivity index (χ4v) is 4.54. The summed E-state index contributed by atoms with van der Waals surface area (Å²) in [5, 5.41) is 5.06. The van der Waals surface area contributed by atoms with Gasteiger partial charge < -0.3 is 15.0 Å². The number of ether oxygens (including phenoxy) is 1. The molecular weight excluding hydrogens is 424 g/mol. The SMILES string of the molecule is COC(=O)c1c(CC(=O)NC(c2ccc(C(C)C)cc2)c2cccs2)[nH]c(C(C)=O)c1C. The minimum atomic E-state index is -0.576. The number of carbonyl (C=O) groups is 3. The van der Waals surface area contributed by atoms with Crippen molar-refractivity contribution in [3.05, 3.63) is 80.3 Å². The molecule has 2 aromatic heterocycles. The molecule has 1 unspecified atom stereocenters. The molecule has 0 aliphatic carbocycles. The van der Waals surface area contributed by atoms with Crippen molar-refractivity contribution in [2.45, 2.75) is 46.1 Å². The van der Waals surface area contributed by atoms with E-state index in [0.717, 1.165) is 10.4 Å². The zero-order chi connectivity index (χ0) is 23.4. The van der Waals surface area contributed by atoms with Crippen LogP contribution in [0, 0.1) is 6.92 Å². The fourth-order valence-electron chi connectivity index (χ4n) is 3.74. The summed E-state index contributed by atoms with van der Waals surface area (Å²) in [7, 11) is 1.28. The number of ketones is 1. The molecule has 0 radical (unpaired) electrons. The van der Waals surface area contributed by atoms with Crippen LogP contribution in [0.1, 0.15) is 80.8 Å². The van der Waals surface area contributed by atoms with E-state index in [0.29, 0.717) is 22.9 Å². The third kappa shape index (κ3) is 4.99. The van der Waals surface area contributed by atoms with Gasteiger partial charge in [-0.2, -0.15) is 0 Å². The summed E-state index contributed by atoms with van der Waals surface area (Å²) in [4.78, 5) is 41.3. The normalized spacial score (nSPS) is 11.9. The van der Waals surface area contributed by atoms with Crippen LogP contribution in [-0.2, 0) is 16.0 Å². The van der Waals surface area contributed by atoms with Crippen molar-refractivity contribution in [3.63, 3.8) is 0 Å². The minimum Gasteiger partial charge on any atom is -0.465 e. The number of hydrogen-bond acceptors (Lipinski definition) is 5. The number of nitrogens with one attached hydrogen (secondary N) is 2. The summed E-state index contributed by atoms with van der Waals surface area (Å²) >= 11 is 1.57. The zero-order valence-electron chi connectivity index (χ0n) is 18.9. The van der Waals surface area contributed by atoms with E-state index >= 15 is 0 Å². The smallest absolute Gasteiger partial charge is 0.339 e. The first-order chi connectivity index (χ1) is 15.2. The summed E-state index contributed by atoms with van der Waals surface area (Å²) < 4.78 is 4.87. The number of carbonyl (C=O) groups excluding carboxylic acids is 3. The highest BCUT2D eigenvalue weighted by molar-refractivity contribution is 7.10. The molecule has 1 atom stereocenters. The van der Waals surface area contributed by atoms with Crippen LogP contribution >= 0.6 is 11.3 Å². The molecule has 3 aromatic rings. The standard InChI is InChI=1S/C25H28N2O4S/c1-14(2)17-8-10-18(11-9-17)24(20-7-6-12-32-20)27-21(29)13-19-22(25(30)31-5)15(3)23(26-19)16(4)28/h6-12,14,24,26H,13H2,1-5H3,(H,27,29). The van der Waals surface area contributed by atoms with Gasteiger partial charge in [-0.3, -0.25) is 9.59 Å². The number of aromatic amines is 1. The van der Waals surface area contributed by atoms with Crippen LogP contribution in [0.25, 0.3) is 0 Å². The van der Waals surface area contributed by atoms with Gasteiger partial charge in [-0.1, -0.05) is 44.2 Å². The third-order valence-electron chi connectivity index (χ3n) is 5.48. The van der Waals surface area contributed by atoms with Gasteiger partial charge in [-0.05, 0) is 41.0 Å². The molecule has 0 aliphatic heterocycles. The monoisotopic (exact) mass is 452 g/mol. The lowest BCUT2D eigenvalue weighted by Gasteiger charge is -2.19. The highest BCUT2D eigenvalue weighted by Crippen LogP contribution is 2.28. The van der Waals surface area contributed by atoms with Gasteiger partial charge in [0.1, 0.15) is 0 Å². The number of H-pyrrole nitrogens is 1. The number of rotatable bonds is 8. The molecule has 0 bridgehead atoms. The largest absolute Gasteiger partial charge is 0.465 e. The van der Waals surface area contributed by atoms with E-state index in [2.05, 4.69) is 36.3 Å². The number of Topliss-reactive ketones (excluding diaryl/α,β-unsaturated/α-hetero) is 1. The van der Waals surface area contributed by atoms with E-state index in [9.17, 15) is 14.4 Å². The first-order valence-electron chi connectivity index (χ1n) is 10.5. The highest BCUT2D eigenvalue weighted by atomic mass is 32.1. The number of methoxy groups -OCH3 is 1. The van der Waals surface area contributed by atoms with Crippen LogP contribution in [-0.4, -0.2) is 29.8 Å². The molecule has 0 saturated carbocycles. The van der Waals surface area contributed by atoms with E-state index < -0.39 is 5.97 Å². The molecule has 0 spiro atoms. The van der Waals surface area contributed by atoms with Gasteiger partial charge in [-0.25, -0.2) is 4.79 Å². The van der Waals surface area contributed by atoms with E-state index in [-0.39, 0.29) is 29.7 Å². The molecule has 7 heteroatoms. The van der Waals surface area contributed by atoms with Crippen molar-refractivity contribution in [1.82, 2.24) is 10.3 Å². The molecule has 3 rings (SSSR count). The maximum absolute atomic E-state index is 13.1. The molecule has 168 valence electrons. The molecule has 32 heavy (non-hydrogen) atoms. The Morgan fingerprint density at radius 3 is 2.28 bits per heavy atom. The van der Waals surface area contributed by atoms with Crippen LogP contribution in [0.2, 0.25) is 0 Å². The van der Waals surface area contributed by atoms with Crippen molar-refractivity contribution in [1.29, 1.82) is 0 Å². The van der Waals surface area contributed by atoms with Crippen LogP contribution in [0.4, 0.5) is 0 Å². The lowest BCUT2D eigenvalue weighted by Crippen LogP contribution is -2.30. The summed E-state index contributed by atoms with van der Waals surface area (Å²) in [5.74, 6) is -0.630. The Kier molecular flexibility index (Phi) is 7.30. The van der Waals surface area contributed by atoms with E-state index in [1.165, 1.54) is 19.6 Å². The van der Waals surface area contributed by atoms with Gasteiger partial charge in [-0.15, -0.1) is 11.3 Å². The molecule has 0 fully saturated rings. The van der Waals surface area contributed by atoms with Gasteiger partial charge in [0.15, 0.2) is 5.78 Å². The molecule has 0 aliphatic rings. The number of amides is 1. The molecule has 2 heterocycles.